The Balaban J connectivity index is 2.68. The second kappa shape index (κ2) is 6.40. The molecule has 1 aromatic rings. The van der Waals surface area contributed by atoms with E-state index in [1.165, 1.54) is 11.1 Å². The molecule has 0 radical (unpaired) electrons. The summed E-state index contributed by atoms with van der Waals surface area (Å²) in [6, 6.07) is 7.65. The van der Waals surface area contributed by atoms with Crippen LogP contribution < -0.4 is 5.32 Å². The minimum Gasteiger partial charge on any atom is -0.480 e. The van der Waals surface area contributed by atoms with E-state index in [-0.39, 0.29) is 5.92 Å². The Morgan fingerprint density at radius 1 is 1.29 bits per heavy atom. The van der Waals surface area contributed by atoms with Crippen LogP contribution in [0.3, 0.4) is 0 Å². The summed E-state index contributed by atoms with van der Waals surface area (Å²) in [4.78, 5) is 11.1. The van der Waals surface area contributed by atoms with Gasteiger partial charge in [0.25, 0.3) is 0 Å². The molecular formula is C14H21NO2. The molecule has 1 rings (SSSR count). The van der Waals surface area contributed by atoms with E-state index in [9.17, 15) is 4.79 Å². The maximum Gasteiger partial charge on any atom is 0.320 e. The van der Waals surface area contributed by atoms with Crippen molar-refractivity contribution < 1.29 is 9.90 Å². The molecule has 0 aliphatic rings. The Bertz CT molecular complexity index is 374. The summed E-state index contributed by atoms with van der Waals surface area (Å²) >= 11 is 0. The maximum atomic E-state index is 11.1. The first-order chi connectivity index (χ1) is 8.06. The second-order valence-corrected chi connectivity index (χ2v) is 4.56. The van der Waals surface area contributed by atoms with Crippen molar-refractivity contribution in [2.75, 3.05) is 0 Å². The van der Waals surface area contributed by atoms with Gasteiger partial charge in [-0.1, -0.05) is 45.0 Å². The standard InChI is InChI=1S/C14H21NO2/c1-4-11-7-5-6-8-12(11)9-15-13(10(2)3)14(16)17/h5-8,10,13,15H,4,9H2,1-3H3,(H,16,17). The minimum atomic E-state index is -0.783. The summed E-state index contributed by atoms with van der Waals surface area (Å²) in [6.07, 6.45) is 0.970. The van der Waals surface area contributed by atoms with Gasteiger partial charge in [0.2, 0.25) is 0 Å². The van der Waals surface area contributed by atoms with Crippen molar-refractivity contribution >= 4 is 5.97 Å². The molecule has 3 nitrogen and oxygen atoms in total. The van der Waals surface area contributed by atoms with Crippen LogP contribution in [0.1, 0.15) is 31.9 Å². The molecule has 2 N–H and O–H groups in total. The molecule has 0 bridgehead atoms. The molecule has 1 atom stereocenters. The Hall–Kier alpha value is -1.35. The fourth-order valence-electron chi connectivity index (χ4n) is 1.90. The minimum absolute atomic E-state index is 0.0845. The molecule has 0 aromatic heterocycles. The summed E-state index contributed by atoms with van der Waals surface area (Å²) in [6.45, 7) is 6.55. The topological polar surface area (TPSA) is 49.3 Å². The summed E-state index contributed by atoms with van der Waals surface area (Å²) < 4.78 is 0. The van der Waals surface area contributed by atoms with Gasteiger partial charge in [0, 0.05) is 6.54 Å². The van der Waals surface area contributed by atoms with Gasteiger partial charge in [-0.2, -0.15) is 0 Å². The van der Waals surface area contributed by atoms with Crippen LogP contribution in [0.5, 0.6) is 0 Å². The molecule has 3 heteroatoms. The van der Waals surface area contributed by atoms with Crippen molar-refractivity contribution in [3.05, 3.63) is 35.4 Å². The first-order valence-electron chi connectivity index (χ1n) is 6.09. The summed E-state index contributed by atoms with van der Waals surface area (Å²) in [7, 11) is 0. The quantitative estimate of drug-likeness (QED) is 0.796. The Morgan fingerprint density at radius 3 is 2.35 bits per heavy atom. The number of nitrogens with one attached hydrogen (secondary N) is 1. The third-order valence-corrected chi connectivity index (χ3v) is 2.94. The molecule has 0 saturated carbocycles. The molecule has 0 heterocycles. The summed E-state index contributed by atoms with van der Waals surface area (Å²) in [5, 5.41) is 12.2. The lowest BCUT2D eigenvalue weighted by atomic mass is 10.0. The van der Waals surface area contributed by atoms with E-state index in [0.29, 0.717) is 6.54 Å². The van der Waals surface area contributed by atoms with E-state index in [1.807, 2.05) is 32.0 Å². The number of aliphatic carboxylic acids is 1. The van der Waals surface area contributed by atoms with Crippen LogP contribution in [0, 0.1) is 5.92 Å². The summed E-state index contributed by atoms with van der Waals surface area (Å²) in [5.41, 5.74) is 2.45. The van der Waals surface area contributed by atoms with Gasteiger partial charge in [-0.05, 0) is 23.5 Å². The number of aryl methyl sites for hydroxylation is 1. The van der Waals surface area contributed by atoms with E-state index in [2.05, 4.69) is 18.3 Å². The highest BCUT2D eigenvalue weighted by molar-refractivity contribution is 5.73. The highest BCUT2D eigenvalue weighted by Crippen LogP contribution is 2.10. The molecule has 0 spiro atoms. The molecule has 0 amide bonds. The number of hydrogen-bond donors (Lipinski definition) is 2. The van der Waals surface area contributed by atoms with Crippen molar-refractivity contribution in [2.45, 2.75) is 39.8 Å². The lowest BCUT2D eigenvalue weighted by molar-refractivity contribution is -0.140. The van der Waals surface area contributed by atoms with Crippen LogP contribution in [0.4, 0.5) is 0 Å². The first kappa shape index (κ1) is 13.7. The van der Waals surface area contributed by atoms with Crippen molar-refractivity contribution in [1.29, 1.82) is 0 Å². The zero-order valence-corrected chi connectivity index (χ0v) is 10.7. The van der Waals surface area contributed by atoms with Crippen LogP contribution in [0.15, 0.2) is 24.3 Å². The molecule has 94 valence electrons. The fourth-order valence-corrected chi connectivity index (χ4v) is 1.90. The molecule has 0 aliphatic carbocycles. The van der Waals surface area contributed by atoms with Gasteiger partial charge in [-0.25, -0.2) is 0 Å². The van der Waals surface area contributed by atoms with Crippen LogP contribution in [0.25, 0.3) is 0 Å². The molecule has 0 fully saturated rings. The Kier molecular flexibility index (Phi) is 5.16. The lowest BCUT2D eigenvalue weighted by Gasteiger charge is -2.18. The number of hydrogen-bond acceptors (Lipinski definition) is 2. The highest BCUT2D eigenvalue weighted by Gasteiger charge is 2.20. The van der Waals surface area contributed by atoms with Gasteiger partial charge in [0.05, 0.1) is 0 Å². The normalized spacial score (nSPS) is 12.7. The number of carboxylic acid groups (broad SMARTS) is 1. The monoisotopic (exact) mass is 235 g/mol. The molecule has 0 aliphatic heterocycles. The van der Waals surface area contributed by atoms with Crippen LogP contribution in [-0.4, -0.2) is 17.1 Å². The molecule has 1 unspecified atom stereocenters. The zero-order chi connectivity index (χ0) is 12.8. The average molecular weight is 235 g/mol. The SMILES string of the molecule is CCc1ccccc1CNC(C(=O)O)C(C)C. The molecular weight excluding hydrogens is 214 g/mol. The van der Waals surface area contributed by atoms with Gasteiger partial charge >= 0.3 is 5.97 Å². The molecule has 1 aromatic carbocycles. The number of carboxylic acids is 1. The van der Waals surface area contributed by atoms with E-state index in [0.717, 1.165) is 6.42 Å². The van der Waals surface area contributed by atoms with Crippen LogP contribution >= 0.6 is 0 Å². The van der Waals surface area contributed by atoms with E-state index < -0.39 is 12.0 Å². The number of rotatable bonds is 6. The van der Waals surface area contributed by atoms with Crippen molar-refractivity contribution in [3.63, 3.8) is 0 Å². The lowest BCUT2D eigenvalue weighted by Crippen LogP contribution is -2.40. The largest absolute Gasteiger partial charge is 0.480 e. The number of benzene rings is 1. The maximum absolute atomic E-state index is 11.1. The third kappa shape index (κ3) is 3.86. The Morgan fingerprint density at radius 2 is 1.88 bits per heavy atom. The van der Waals surface area contributed by atoms with Gasteiger partial charge in [-0.15, -0.1) is 0 Å². The van der Waals surface area contributed by atoms with Crippen molar-refractivity contribution in [1.82, 2.24) is 5.32 Å². The van der Waals surface area contributed by atoms with Crippen LogP contribution in [0.2, 0.25) is 0 Å². The van der Waals surface area contributed by atoms with E-state index in [4.69, 9.17) is 5.11 Å². The van der Waals surface area contributed by atoms with E-state index in [1.54, 1.807) is 0 Å². The van der Waals surface area contributed by atoms with Gasteiger partial charge in [-0.3, -0.25) is 4.79 Å². The predicted octanol–water partition coefficient (Wildman–Crippen LogP) is 2.45. The zero-order valence-electron chi connectivity index (χ0n) is 10.7. The number of carbonyl (C=O) groups is 1. The van der Waals surface area contributed by atoms with Crippen molar-refractivity contribution in [2.24, 2.45) is 5.92 Å². The Labute approximate surface area is 103 Å². The van der Waals surface area contributed by atoms with Crippen molar-refractivity contribution in [3.8, 4) is 0 Å². The van der Waals surface area contributed by atoms with Gasteiger partial charge in [0.15, 0.2) is 0 Å². The fraction of sp³-hybridized carbons (Fsp3) is 0.500. The average Bonchev–Trinajstić information content (AvgIpc) is 2.29. The third-order valence-electron chi connectivity index (χ3n) is 2.94. The molecule has 17 heavy (non-hydrogen) atoms. The predicted molar refractivity (Wildman–Crippen MR) is 68.9 cm³/mol. The van der Waals surface area contributed by atoms with Gasteiger partial charge in [0.1, 0.15) is 6.04 Å². The smallest absolute Gasteiger partial charge is 0.320 e. The summed E-state index contributed by atoms with van der Waals surface area (Å²) in [5.74, 6) is -0.699. The van der Waals surface area contributed by atoms with Crippen LogP contribution in [-0.2, 0) is 17.8 Å². The van der Waals surface area contributed by atoms with E-state index >= 15 is 0 Å². The second-order valence-electron chi connectivity index (χ2n) is 4.56. The van der Waals surface area contributed by atoms with Gasteiger partial charge < -0.3 is 10.4 Å². The highest BCUT2D eigenvalue weighted by atomic mass is 16.4. The molecule has 0 saturated heterocycles. The first-order valence-corrected chi connectivity index (χ1v) is 6.09.